The van der Waals surface area contributed by atoms with E-state index >= 15 is 0 Å². The minimum atomic E-state index is -0.987. The van der Waals surface area contributed by atoms with Crippen LogP contribution < -0.4 is 11.1 Å². The molecule has 1 heterocycles. The highest BCUT2D eigenvalue weighted by Gasteiger charge is 2.17. The van der Waals surface area contributed by atoms with Crippen molar-refractivity contribution in [3.8, 4) is 0 Å². The summed E-state index contributed by atoms with van der Waals surface area (Å²) >= 11 is 0. The number of anilines is 2. The van der Waals surface area contributed by atoms with Crippen molar-refractivity contribution in [1.82, 2.24) is 4.90 Å². The van der Waals surface area contributed by atoms with Gasteiger partial charge in [0.2, 0.25) is 0 Å². The van der Waals surface area contributed by atoms with Gasteiger partial charge in [-0.25, -0.2) is 4.79 Å². The number of nitrogen functional groups attached to an aromatic ring is 1. The fourth-order valence-electron chi connectivity index (χ4n) is 2.22. The van der Waals surface area contributed by atoms with Crippen molar-refractivity contribution in [2.75, 3.05) is 31.2 Å². The summed E-state index contributed by atoms with van der Waals surface area (Å²) in [6.45, 7) is 2.14. The van der Waals surface area contributed by atoms with Crippen molar-refractivity contribution >= 4 is 17.3 Å². The van der Waals surface area contributed by atoms with Gasteiger partial charge in [0.05, 0.1) is 5.56 Å². The minimum absolute atomic E-state index is 0.160. The predicted molar refractivity (Wildman–Crippen MR) is 72.0 cm³/mol. The van der Waals surface area contributed by atoms with Crippen LogP contribution in [0.5, 0.6) is 0 Å². The van der Waals surface area contributed by atoms with E-state index in [0.29, 0.717) is 11.7 Å². The van der Waals surface area contributed by atoms with Crippen molar-refractivity contribution in [3.63, 3.8) is 0 Å². The number of carboxylic acids is 1. The molecule has 2 rings (SSSR count). The Hall–Kier alpha value is -1.75. The van der Waals surface area contributed by atoms with Crippen LogP contribution in [0.25, 0.3) is 0 Å². The lowest BCUT2D eigenvalue weighted by molar-refractivity contribution is 0.0698. The number of nitrogens with two attached hydrogens (primary N) is 1. The molecule has 1 aliphatic heterocycles. The van der Waals surface area contributed by atoms with Gasteiger partial charge in [0.25, 0.3) is 0 Å². The van der Waals surface area contributed by atoms with Crippen LogP contribution in [0, 0.1) is 0 Å². The fraction of sp³-hybridized carbons (Fsp3) is 0.462. The average molecular weight is 249 g/mol. The van der Waals surface area contributed by atoms with Gasteiger partial charge in [-0.15, -0.1) is 0 Å². The van der Waals surface area contributed by atoms with Crippen LogP contribution in [-0.4, -0.2) is 42.2 Å². The van der Waals surface area contributed by atoms with Gasteiger partial charge in [0, 0.05) is 17.4 Å². The highest BCUT2D eigenvalue weighted by Crippen LogP contribution is 2.21. The molecule has 0 bridgehead atoms. The Morgan fingerprint density at radius 2 is 2.11 bits per heavy atom. The van der Waals surface area contributed by atoms with Gasteiger partial charge in [0.1, 0.15) is 0 Å². The molecule has 4 N–H and O–H groups in total. The Kier molecular flexibility index (Phi) is 3.72. The Bertz CT molecular complexity index is 440. The highest BCUT2D eigenvalue weighted by atomic mass is 16.4. The number of nitrogens with zero attached hydrogens (tertiary/aromatic N) is 1. The van der Waals surface area contributed by atoms with E-state index in [1.807, 2.05) is 6.07 Å². The Morgan fingerprint density at radius 1 is 1.44 bits per heavy atom. The number of carbonyl (C=O) groups is 1. The molecule has 0 atom stereocenters. The van der Waals surface area contributed by atoms with Crippen LogP contribution in [-0.2, 0) is 0 Å². The molecule has 1 aromatic carbocycles. The van der Waals surface area contributed by atoms with Gasteiger partial charge >= 0.3 is 5.97 Å². The summed E-state index contributed by atoms with van der Waals surface area (Å²) in [6.07, 6.45) is 2.15. The molecule has 0 saturated carbocycles. The molecule has 1 saturated heterocycles. The number of benzene rings is 1. The van der Waals surface area contributed by atoms with Crippen molar-refractivity contribution in [3.05, 3.63) is 23.8 Å². The molecule has 1 aliphatic rings. The highest BCUT2D eigenvalue weighted by molar-refractivity contribution is 5.94. The number of hydrogen-bond donors (Lipinski definition) is 3. The standard InChI is InChI=1S/C13H19N3O2/c1-16-6-4-9(5-7-16)15-10-2-3-12(14)11(8-10)13(17)18/h2-3,8-9,15H,4-7,14H2,1H3,(H,17,18). The molecule has 0 amide bonds. The summed E-state index contributed by atoms with van der Waals surface area (Å²) in [5.41, 5.74) is 6.92. The molecule has 0 aliphatic carbocycles. The largest absolute Gasteiger partial charge is 0.478 e. The third-order valence-corrected chi connectivity index (χ3v) is 3.37. The van der Waals surface area contributed by atoms with Gasteiger partial charge in [-0.3, -0.25) is 0 Å². The molecular formula is C13H19N3O2. The summed E-state index contributed by atoms with van der Waals surface area (Å²) < 4.78 is 0. The number of carboxylic acid groups (broad SMARTS) is 1. The van der Waals surface area contributed by atoms with E-state index in [-0.39, 0.29) is 5.56 Å². The van der Waals surface area contributed by atoms with Crippen molar-refractivity contribution in [2.45, 2.75) is 18.9 Å². The van der Waals surface area contributed by atoms with Crippen LogP contribution in [0.4, 0.5) is 11.4 Å². The number of aromatic carboxylic acids is 1. The number of nitrogens with one attached hydrogen (secondary N) is 1. The topological polar surface area (TPSA) is 78.6 Å². The Morgan fingerprint density at radius 3 is 2.72 bits per heavy atom. The maximum absolute atomic E-state index is 11.0. The molecule has 0 aromatic heterocycles. The van der Waals surface area contributed by atoms with Crippen molar-refractivity contribution < 1.29 is 9.90 Å². The third-order valence-electron chi connectivity index (χ3n) is 3.37. The summed E-state index contributed by atoms with van der Waals surface area (Å²) in [4.78, 5) is 13.3. The zero-order chi connectivity index (χ0) is 13.1. The summed E-state index contributed by atoms with van der Waals surface area (Å²) in [5, 5.41) is 12.4. The maximum Gasteiger partial charge on any atom is 0.337 e. The lowest BCUT2D eigenvalue weighted by Gasteiger charge is -2.30. The number of piperidine rings is 1. The second-order valence-electron chi connectivity index (χ2n) is 4.83. The molecule has 1 fully saturated rings. The van der Waals surface area contributed by atoms with Crippen LogP contribution in [0.15, 0.2) is 18.2 Å². The first kappa shape index (κ1) is 12.7. The lowest BCUT2D eigenvalue weighted by Crippen LogP contribution is -2.36. The number of hydrogen-bond acceptors (Lipinski definition) is 4. The van der Waals surface area contributed by atoms with Crippen LogP contribution in [0.1, 0.15) is 23.2 Å². The minimum Gasteiger partial charge on any atom is -0.478 e. The van der Waals surface area contributed by atoms with Gasteiger partial charge in [-0.05, 0) is 51.2 Å². The van der Waals surface area contributed by atoms with E-state index in [9.17, 15) is 4.79 Å². The molecule has 98 valence electrons. The van der Waals surface area contributed by atoms with E-state index in [4.69, 9.17) is 10.8 Å². The first-order chi connectivity index (χ1) is 8.56. The van der Waals surface area contributed by atoms with E-state index in [1.54, 1.807) is 12.1 Å². The van der Waals surface area contributed by atoms with E-state index in [0.717, 1.165) is 31.6 Å². The van der Waals surface area contributed by atoms with Gasteiger partial charge < -0.3 is 21.1 Å². The quantitative estimate of drug-likeness (QED) is 0.707. The second-order valence-corrected chi connectivity index (χ2v) is 4.83. The van der Waals surface area contributed by atoms with Crippen molar-refractivity contribution in [2.24, 2.45) is 0 Å². The average Bonchev–Trinajstić information content (AvgIpc) is 2.34. The second kappa shape index (κ2) is 5.27. The molecule has 5 nitrogen and oxygen atoms in total. The fourth-order valence-corrected chi connectivity index (χ4v) is 2.22. The first-order valence-electron chi connectivity index (χ1n) is 6.14. The third kappa shape index (κ3) is 2.92. The van der Waals surface area contributed by atoms with E-state index < -0.39 is 5.97 Å². The summed E-state index contributed by atoms with van der Waals surface area (Å²) in [5.74, 6) is -0.987. The molecule has 18 heavy (non-hydrogen) atoms. The van der Waals surface area contributed by atoms with Gasteiger partial charge in [-0.2, -0.15) is 0 Å². The smallest absolute Gasteiger partial charge is 0.337 e. The van der Waals surface area contributed by atoms with E-state index in [2.05, 4.69) is 17.3 Å². The molecule has 0 radical (unpaired) electrons. The Balaban J connectivity index is 2.05. The SMILES string of the molecule is CN1CCC(Nc2ccc(N)c(C(=O)O)c2)CC1. The van der Waals surface area contributed by atoms with Crippen LogP contribution in [0.3, 0.4) is 0 Å². The molecule has 5 heteroatoms. The summed E-state index contributed by atoms with van der Waals surface area (Å²) in [7, 11) is 2.11. The zero-order valence-corrected chi connectivity index (χ0v) is 10.5. The van der Waals surface area contributed by atoms with Crippen molar-refractivity contribution in [1.29, 1.82) is 0 Å². The predicted octanol–water partition coefficient (Wildman–Crippen LogP) is 1.47. The van der Waals surface area contributed by atoms with Gasteiger partial charge in [-0.1, -0.05) is 0 Å². The first-order valence-corrected chi connectivity index (χ1v) is 6.14. The van der Waals surface area contributed by atoms with Crippen LogP contribution >= 0.6 is 0 Å². The molecule has 0 spiro atoms. The molecule has 0 unspecified atom stereocenters. The maximum atomic E-state index is 11.0. The van der Waals surface area contributed by atoms with E-state index in [1.165, 1.54) is 0 Å². The molecular weight excluding hydrogens is 230 g/mol. The normalized spacial score (nSPS) is 17.6. The lowest BCUT2D eigenvalue weighted by atomic mass is 10.0. The van der Waals surface area contributed by atoms with Crippen LogP contribution in [0.2, 0.25) is 0 Å². The monoisotopic (exact) mass is 249 g/mol. The number of likely N-dealkylation sites (tertiary alicyclic amines) is 1. The molecule has 1 aromatic rings. The summed E-state index contributed by atoms with van der Waals surface area (Å²) in [6, 6.07) is 5.49. The number of rotatable bonds is 3. The van der Waals surface area contributed by atoms with Gasteiger partial charge in [0.15, 0.2) is 0 Å². The zero-order valence-electron chi connectivity index (χ0n) is 10.5. The Labute approximate surface area is 107 Å².